The predicted molar refractivity (Wildman–Crippen MR) is 107 cm³/mol. The van der Waals surface area contributed by atoms with Gasteiger partial charge in [0.2, 0.25) is 5.91 Å². The molecule has 1 aromatic carbocycles. The van der Waals surface area contributed by atoms with Crippen molar-refractivity contribution in [1.29, 1.82) is 0 Å². The number of carbonyl (C=O) groups is 1. The summed E-state index contributed by atoms with van der Waals surface area (Å²) in [5.74, 6) is 0.656. The first-order valence-electron chi connectivity index (χ1n) is 10.1. The molecule has 5 nitrogen and oxygen atoms in total. The molecule has 2 rings (SSSR count). The number of fused-ring (bicyclic) bond motifs is 1. The highest BCUT2D eigenvalue weighted by molar-refractivity contribution is 5.79. The third-order valence-corrected chi connectivity index (χ3v) is 6.00. The molecule has 0 unspecified atom stereocenters. The van der Waals surface area contributed by atoms with Crippen LogP contribution in [0.4, 0.5) is 0 Å². The Bertz CT molecular complexity index is 654. The van der Waals surface area contributed by atoms with E-state index < -0.39 is 6.10 Å². The van der Waals surface area contributed by atoms with E-state index >= 15 is 0 Å². The normalized spacial score (nSPS) is 20.1. The standard InChI is InChI=1S/C22H35NO4/c1-7-23(8-2)22(25)15(4)18-10-9-17-14(3)13-19(27-12-11-26-6)16(5)20(17)21(18)24/h13,15,18,21,24H,7-12H2,1-6H3/t15-,18-,21+/m0/s1. The minimum absolute atomic E-state index is 0.0714. The number of nitrogens with zero attached hydrogens (tertiary/aromatic N) is 1. The zero-order valence-corrected chi connectivity index (χ0v) is 17.7. The molecule has 0 fully saturated rings. The maximum atomic E-state index is 12.8. The summed E-state index contributed by atoms with van der Waals surface area (Å²) in [5.41, 5.74) is 4.28. The maximum absolute atomic E-state index is 12.8. The molecule has 0 saturated carbocycles. The number of ether oxygens (including phenoxy) is 2. The van der Waals surface area contributed by atoms with Crippen LogP contribution in [-0.2, 0) is 16.0 Å². The first-order chi connectivity index (χ1) is 12.9. The molecule has 5 heteroatoms. The summed E-state index contributed by atoms with van der Waals surface area (Å²) in [7, 11) is 1.65. The number of rotatable bonds is 8. The van der Waals surface area contributed by atoms with Crippen molar-refractivity contribution < 1.29 is 19.4 Å². The van der Waals surface area contributed by atoms with Gasteiger partial charge < -0.3 is 19.5 Å². The average Bonchev–Trinajstić information content (AvgIpc) is 2.66. The molecule has 0 bridgehead atoms. The van der Waals surface area contributed by atoms with Crippen LogP contribution in [0.3, 0.4) is 0 Å². The molecule has 3 atom stereocenters. The van der Waals surface area contributed by atoms with Crippen molar-refractivity contribution in [3.05, 3.63) is 28.3 Å². The van der Waals surface area contributed by atoms with Crippen LogP contribution >= 0.6 is 0 Å². The van der Waals surface area contributed by atoms with Crippen LogP contribution in [-0.4, -0.2) is 49.3 Å². The van der Waals surface area contributed by atoms with Gasteiger partial charge in [-0.2, -0.15) is 0 Å². The lowest BCUT2D eigenvalue weighted by Crippen LogP contribution is -2.40. The fourth-order valence-electron chi connectivity index (χ4n) is 4.29. The Hall–Kier alpha value is -1.59. The van der Waals surface area contributed by atoms with E-state index in [1.807, 2.05) is 32.6 Å². The second kappa shape index (κ2) is 9.56. The van der Waals surface area contributed by atoms with Gasteiger partial charge >= 0.3 is 0 Å². The lowest BCUT2D eigenvalue weighted by Gasteiger charge is -2.37. The van der Waals surface area contributed by atoms with E-state index in [9.17, 15) is 9.90 Å². The van der Waals surface area contributed by atoms with Crippen LogP contribution < -0.4 is 4.74 Å². The average molecular weight is 378 g/mol. The number of benzene rings is 1. The van der Waals surface area contributed by atoms with Crippen molar-refractivity contribution in [3.63, 3.8) is 0 Å². The minimum atomic E-state index is -0.645. The number of hydrogen-bond acceptors (Lipinski definition) is 4. The zero-order chi connectivity index (χ0) is 20.1. The van der Waals surface area contributed by atoms with Crippen LogP contribution in [0.15, 0.2) is 6.07 Å². The highest BCUT2D eigenvalue weighted by atomic mass is 16.5. The molecule has 0 aliphatic heterocycles. The highest BCUT2D eigenvalue weighted by Crippen LogP contribution is 2.44. The molecule has 1 amide bonds. The van der Waals surface area contributed by atoms with Gasteiger partial charge in [0.15, 0.2) is 0 Å². The Morgan fingerprint density at radius 3 is 2.56 bits per heavy atom. The lowest BCUT2D eigenvalue weighted by molar-refractivity contribution is -0.138. The lowest BCUT2D eigenvalue weighted by atomic mass is 9.72. The third-order valence-electron chi connectivity index (χ3n) is 6.00. The SMILES string of the molecule is CCN(CC)C(=O)[C@@H](C)[C@@H]1CCc2c(C)cc(OCCOC)c(C)c2[C@@H]1O. The number of methoxy groups -OCH3 is 1. The minimum Gasteiger partial charge on any atom is -0.491 e. The van der Waals surface area contributed by atoms with E-state index in [1.165, 1.54) is 5.56 Å². The van der Waals surface area contributed by atoms with E-state index in [1.54, 1.807) is 7.11 Å². The number of aryl methyl sites for hydroxylation is 1. The number of aliphatic hydroxyl groups is 1. The third kappa shape index (κ3) is 4.46. The van der Waals surface area contributed by atoms with Gasteiger partial charge in [0.1, 0.15) is 12.4 Å². The molecule has 0 saturated heterocycles. The molecule has 1 aromatic rings. The fraction of sp³-hybridized carbons (Fsp3) is 0.682. The number of hydrogen-bond donors (Lipinski definition) is 1. The van der Waals surface area contributed by atoms with Gasteiger partial charge in [0.05, 0.1) is 12.7 Å². The van der Waals surface area contributed by atoms with Crippen molar-refractivity contribution in [2.24, 2.45) is 11.8 Å². The first kappa shape index (κ1) is 21.7. The maximum Gasteiger partial charge on any atom is 0.225 e. The Balaban J connectivity index is 2.31. The van der Waals surface area contributed by atoms with Crippen LogP contribution in [0.1, 0.15) is 55.5 Å². The molecule has 152 valence electrons. The Morgan fingerprint density at radius 2 is 1.96 bits per heavy atom. The van der Waals surface area contributed by atoms with E-state index in [0.717, 1.165) is 35.3 Å². The van der Waals surface area contributed by atoms with Crippen molar-refractivity contribution in [2.45, 2.75) is 53.6 Å². The molecule has 1 aliphatic rings. The number of aliphatic hydroxyl groups excluding tert-OH is 1. The highest BCUT2D eigenvalue weighted by Gasteiger charge is 2.38. The summed E-state index contributed by atoms with van der Waals surface area (Å²) >= 11 is 0. The summed E-state index contributed by atoms with van der Waals surface area (Å²) < 4.78 is 10.9. The Kier molecular flexibility index (Phi) is 7.68. The van der Waals surface area contributed by atoms with E-state index in [-0.39, 0.29) is 17.7 Å². The van der Waals surface area contributed by atoms with Crippen LogP contribution in [0.5, 0.6) is 5.75 Å². The second-order valence-corrected chi connectivity index (χ2v) is 7.50. The van der Waals surface area contributed by atoms with Gasteiger partial charge in [-0.3, -0.25) is 4.79 Å². The van der Waals surface area contributed by atoms with Crippen molar-refractivity contribution in [2.75, 3.05) is 33.4 Å². The van der Waals surface area contributed by atoms with Gasteiger partial charge in [0.25, 0.3) is 0 Å². The van der Waals surface area contributed by atoms with Crippen molar-refractivity contribution in [3.8, 4) is 5.75 Å². The van der Waals surface area contributed by atoms with Gasteiger partial charge in [-0.25, -0.2) is 0 Å². The molecule has 1 N–H and O–H groups in total. The first-order valence-corrected chi connectivity index (χ1v) is 10.1. The predicted octanol–water partition coefficient (Wildman–Crippen LogP) is 3.43. The molecule has 1 aliphatic carbocycles. The molecule has 0 aromatic heterocycles. The molecule has 0 heterocycles. The molecular weight excluding hydrogens is 342 g/mol. The largest absolute Gasteiger partial charge is 0.491 e. The zero-order valence-electron chi connectivity index (χ0n) is 17.7. The topological polar surface area (TPSA) is 59.0 Å². The van der Waals surface area contributed by atoms with Gasteiger partial charge in [-0.15, -0.1) is 0 Å². The van der Waals surface area contributed by atoms with Crippen LogP contribution in [0.25, 0.3) is 0 Å². The van der Waals surface area contributed by atoms with Gasteiger partial charge in [-0.1, -0.05) is 6.92 Å². The molecule has 0 spiro atoms. The number of amides is 1. The smallest absolute Gasteiger partial charge is 0.225 e. The molecule has 27 heavy (non-hydrogen) atoms. The molecular formula is C22H35NO4. The summed E-state index contributed by atoms with van der Waals surface area (Å²) in [6.45, 7) is 12.4. The summed E-state index contributed by atoms with van der Waals surface area (Å²) in [6.07, 6.45) is 1.07. The molecule has 0 radical (unpaired) electrons. The monoisotopic (exact) mass is 377 g/mol. The van der Waals surface area contributed by atoms with E-state index in [0.29, 0.717) is 26.3 Å². The van der Waals surface area contributed by atoms with Crippen molar-refractivity contribution >= 4 is 5.91 Å². The van der Waals surface area contributed by atoms with E-state index in [2.05, 4.69) is 13.0 Å². The summed E-state index contributed by atoms with van der Waals surface area (Å²) in [4.78, 5) is 14.7. The van der Waals surface area contributed by atoms with Gasteiger partial charge in [-0.05, 0) is 68.9 Å². The Labute approximate surface area is 163 Å². The summed E-state index contributed by atoms with van der Waals surface area (Å²) in [6, 6.07) is 2.06. The summed E-state index contributed by atoms with van der Waals surface area (Å²) in [5, 5.41) is 11.2. The van der Waals surface area contributed by atoms with Crippen LogP contribution in [0.2, 0.25) is 0 Å². The Morgan fingerprint density at radius 1 is 1.30 bits per heavy atom. The quantitative estimate of drug-likeness (QED) is 0.705. The second-order valence-electron chi connectivity index (χ2n) is 7.50. The fourth-order valence-corrected chi connectivity index (χ4v) is 4.29. The van der Waals surface area contributed by atoms with Crippen LogP contribution in [0, 0.1) is 25.7 Å². The number of carbonyl (C=O) groups excluding carboxylic acids is 1. The van der Waals surface area contributed by atoms with Crippen molar-refractivity contribution in [1.82, 2.24) is 4.90 Å². The van der Waals surface area contributed by atoms with Gasteiger partial charge in [0, 0.05) is 32.0 Å². The van der Waals surface area contributed by atoms with E-state index in [4.69, 9.17) is 9.47 Å².